The smallest absolute Gasteiger partial charge is 0.396 e. The summed E-state index contributed by atoms with van der Waals surface area (Å²) in [5.41, 5.74) is -0.321. The molecule has 0 aliphatic heterocycles. The van der Waals surface area contributed by atoms with Crippen LogP contribution >= 0.6 is 0 Å². The van der Waals surface area contributed by atoms with Crippen molar-refractivity contribution in [1.29, 1.82) is 0 Å². The highest BCUT2D eigenvalue weighted by Crippen LogP contribution is 2.36. The van der Waals surface area contributed by atoms with E-state index < -0.39 is 28.5 Å². The standard InChI is InChI=1S/C22H20O8S/c1-13(23)29-15-8-5-4-7-14(15)21(25)28-11-12-31(3)20-19(24)18-16(27-2)9-6-10-17(18)30-22(20)26/h4-10H,11-12H2,1-3H3/p+1. The summed E-state index contributed by atoms with van der Waals surface area (Å²) in [7, 11) is 0.672. The Kier molecular flexibility index (Phi) is 6.86. The molecule has 0 saturated heterocycles. The lowest BCUT2D eigenvalue weighted by Gasteiger charge is -2.10. The van der Waals surface area contributed by atoms with E-state index in [2.05, 4.69) is 0 Å². The number of aromatic hydroxyl groups is 1. The maximum atomic E-state index is 12.4. The maximum absolute atomic E-state index is 12.4. The van der Waals surface area contributed by atoms with E-state index in [1.54, 1.807) is 36.6 Å². The first kappa shape index (κ1) is 22.2. The van der Waals surface area contributed by atoms with Gasteiger partial charge in [-0.05, 0) is 24.3 Å². The zero-order valence-electron chi connectivity index (χ0n) is 17.2. The second kappa shape index (κ2) is 9.57. The second-order valence-electron chi connectivity index (χ2n) is 6.47. The fourth-order valence-corrected chi connectivity index (χ4v) is 4.28. The predicted molar refractivity (Wildman–Crippen MR) is 115 cm³/mol. The molecule has 0 bridgehead atoms. The normalized spacial score (nSPS) is 11.7. The number of esters is 2. The molecule has 0 aliphatic rings. The summed E-state index contributed by atoms with van der Waals surface area (Å²) in [5, 5.41) is 11.0. The number of rotatable bonds is 7. The molecule has 31 heavy (non-hydrogen) atoms. The molecule has 0 aliphatic carbocycles. The number of methoxy groups -OCH3 is 1. The summed E-state index contributed by atoms with van der Waals surface area (Å²) in [4.78, 5) is 36.2. The van der Waals surface area contributed by atoms with Crippen LogP contribution in [0.3, 0.4) is 0 Å². The van der Waals surface area contributed by atoms with Crippen molar-refractivity contribution in [3.8, 4) is 17.2 Å². The molecular formula is C22H21O8S+. The van der Waals surface area contributed by atoms with Crippen molar-refractivity contribution in [1.82, 2.24) is 0 Å². The SMILES string of the molecule is COc1cccc2oc(=O)c([S+](C)CCOC(=O)c3ccccc3OC(C)=O)c(O)c12. The molecule has 162 valence electrons. The summed E-state index contributed by atoms with van der Waals surface area (Å²) in [6, 6.07) is 11.1. The van der Waals surface area contributed by atoms with E-state index in [1.165, 1.54) is 26.2 Å². The highest BCUT2D eigenvalue weighted by atomic mass is 32.2. The number of hydrogen-bond acceptors (Lipinski definition) is 8. The number of para-hydroxylation sites is 1. The summed E-state index contributed by atoms with van der Waals surface area (Å²) < 4.78 is 20.9. The lowest BCUT2D eigenvalue weighted by atomic mass is 10.2. The van der Waals surface area contributed by atoms with E-state index in [4.69, 9.17) is 18.6 Å². The zero-order chi connectivity index (χ0) is 22.5. The van der Waals surface area contributed by atoms with Crippen LogP contribution in [0.2, 0.25) is 0 Å². The van der Waals surface area contributed by atoms with E-state index in [9.17, 15) is 19.5 Å². The van der Waals surface area contributed by atoms with E-state index in [0.717, 1.165) is 0 Å². The molecule has 2 aromatic carbocycles. The van der Waals surface area contributed by atoms with Crippen molar-refractivity contribution in [2.24, 2.45) is 0 Å². The van der Waals surface area contributed by atoms with Gasteiger partial charge in [-0.1, -0.05) is 18.2 Å². The molecule has 1 unspecified atom stereocenters. The number of carbonyl (C=O) groups excluding carboxylic acids is 2. The van der Waals surface area contributed by atoms with Gasteiger partial charge in [-0.15, -0.1) is 0 Å². The first-order valence-electron chi connectivity index (χ1n) is 9.23. The van der Waals surface area contributed by atoms with Gasteiger partial charge in [0.15, 0.2) is 5.75 Å². The first-order chi connectivity index (χ1) is 14.8. The van der Waals surface area contributed by atoms with Gasteiger partial charge in [0.25, 0.3) is 4.90 Å². The van der Waals surface area contributed by atoms with Crippen LogP contribution in [0.4, 0.5) is 0 Å². The van der Waals surface area contributed by atoms with Crippen LogP contribution in [0.1, 0.15) is 17.3 Å². The van der Waals surface area contributed by atoms with Crippen LogP contribution in [-0.4, -0.2) is 42.8 Å². The number of hydrogen-bond donors (Lipinski definition) is 1. The molecule has 0 fully saturated rings. The van der Waals surface area contributed by atoms with E-state index in [0.29, 0.717) is 11.1 Å². The third kappa shape index (κ3) is 4.83. The number of benzene rings is 2. The Morgan fingerprint density at radius 3 is 2.52 bits per heavy atom. The fraction of sp³-hybridized carbons (Fsp3) is 0.227. The van der Waals surface area contributed by atoms with Crippen molar-refractivity contribution < 1.29 is 33.3 Å². The second-order valence-corrected chi connectivity index (χ2v) is 8.56. The van der Waals surface area contributed by atoms with Crippen LogP contribution in [0.15, 0.2) is 56.6 Å². The topological polar surface area (TPSA) is 112 Å². The van der Waals surface area contributed by atoms with Crippen LogP contribution in [0.5, 0.6) is 17.2 Å². The van der Waals surface area contributed by atoms with Crippen molar-refractivity contribution in [2.75, 3.05) is 25.7 Å². The van der Waals surface area contributed by atoms with Crippen molar-refractivity contribution in [3.63, 3.8) is 0 Å². The minimum absolute atomic E-state index is 0.0182. The quantitative estimate of drug-likeness (QED) is 0.256. The summed E-state index contributed by atoms with van der Waals surface area (Å²) in [6.07, 6.45) is 1.74. The summed E-state index contributed by atoms with van der Waals surface area (Å²) >= 11 is 0. The Hall–Kier alpha value is -3.46. The molecule has 0 amide bonds. The summed E-state index contributed by atoms with van der Waals surface area (Å²) in [6.45, 7) is 1.22. The number of ether oxygens (including phenoxy) is 3. The molecular weight excluding hydrogens is 424 g/mol. The maximum Gasteiger partial charge on any atom is 0.396 e. The Morgan fingerprint density at radius 2 is 1.81 bits per heavy atom. The van der Waals surface area contributed by atoms with Gasteiger partial charge in [0.2, 0.25) is 0 Å². The molecule has 0 saturated carbocycles. The predicted octanol–water partition coefficient (Wildman–Crippen LogP) is 2.90. The Morgan fingerprint density at radius 1 is 1.10 bits per heavy atom. The lowest BCUT2D eigenvalue weighted by Crippen LogP contribution is -2.21. The number of carbonyl (C=O) groups is 2. The van der Waals surface area contributed by atoms with Gasteiger partial charge >= 0.3 is 17.6 Å². The lowest BCUT2D eigenvalue weighted by molar-refractivity contribution is -0.131. The van der Waals surface area contributed by atoms with Crippen molar-refractivity contribution in [2.45, 2.75) is 11.8 Å². The van der Waals surface area contributed by atoms with Crippen molar-refractivity contribution >= 4 is 33.8 Å². The molecule has 3 aromatic rings. The highest BCUT2D eigenvalue weighted by Gasteiger charge is 2.30. The largest absolute Gasteiger partial charge is 0.503 e. The van der Waals surface area contributed by atoms with Crippen LogP contribution in [0.25, 0.3) is 11.0 Å². The Labute approximate surface area is 180 Å². The molecule has 0 spiro atoms. The first-order valence-corrected chi connectivity index (χ1v) is 11.0. The number of fused-ring (bicyclic) bond motifs is 1. The molecule has 1 aromatic heterocycles. The van der Waals surface area contributed by atoms with Gasteiger partial charge in [0, 0.05) is 17.8 Å². The van der Waals surface area contributed by atoms with Crippen LogP contribution in [0, 0.1) is 0 Å². The van der Waals surface area contributed by atoms with Gasteiger partial charge in [-0.3, -0.25) is 4.79 Å². The molecule has 0 radical (unpaired) electrons. The van der Waals surface area contributed by atoms with Gasteiger partial charge in [0.1, 0.15) is 46.6 Å². The van der Waals surface area contributed by atoms with Crippen LogP contribution < -0.4 is 15.1 Å². The zero-order valence-corrected chi connectivity index (χ0v) is 18.0. The van der Waals surface area contributed by atoms with Crippen molar-refractivity contribution in [3.05, 3.63) is 58.4 Å². The molecule has 1 heterocycles. The fourth-order valence-electron chi connectivity index (χ4n) is 2.98. The van der Waals surface area contributed by atoms with Crippen LogP contribution in [-0.2, 0) is 20.4 Å². The average molecular weight is 445 g/mol. The van der Waals surface area contributed by atoms with Gasteiger partial charge < -0.3 is 23.7 Å². The van der Waals surface area contributed by atoms with Gasteiger partial charge in [0.05, 0.1) is 7.11 Å². The van der Waals surface area contributed by atoms with E-state index >= 15 is 0 Å². The van der Waals surface area contributed by atoms with Gasteiger partial charge in [-0.2, -0.15) is 0 Å². The van der Waals surface area contributed by atoms with Gasteiger partial charge in [-0.25, -0.2) is 9.59 Å². The summed E-state index contributed by atoms with van der Waals surface area (Å²) in [5.74, 6) is -0.656. The third-order valence-electron chi connectivity index (χ3n) is 4.38. The minimum atomic E-state index is -0.785. The molecule has 3 rings (SSSR count). The minimum Gasteiger partial charge on any atom is -0.503 e. The Bertz CT molecular complexity index is 1180. The molecule has 1 N–H and O–H groups in total. The van der Waals surface area contributed by atoms with E-state index in [-0.39, 0.29) is 39.9 Å². The molecule has 9 heteroatoms. The molecule has 8 nitrogen and oxygen atoms in total. The average Bonchev–Trinajstić information content (AvgIpc) is 2.73. The monoisotopic (exact) mass is 445 g/mol. The Balaban J connectivity index is 1.76. The third-order valence-corrected chi connectivity index (χ3v) is 6.22. The molecule has 1 atom stereocenters. The van der Waals surface area contributed by atoms with E-state index in [1.807, 2.05) is 0 Å². The highest BCUT2D eigenvalue weighted by molar-refractivity contribution is 7.96.